The first kappa shape index (κ1) is 16.5. The summed E-state index contributed by atoms with van der Waals surface area (Å²) in [6, 6.07) is 0. The molecule has 142 valence electrons. The summed E-state index contributed by atoms with van der Waals surface area (Å²) in [5.41, 5.74) is 1.00. The van der Waals surface area contributed by atoms with Crippen molar-refractivity contribution in [3.05, 3.63) is 18.7 Å². The van der Waals surface area contributed by atoms with Crippen molar-refractivity contribution < 1.29 is 17.0 Å². The molecule has 1 aromatic heterocycles. The smallest absolute Gasteiger partial charge is 0.244 e. The maximum atomic E-state index is 2.73. The summed E-state index contributed by atoms with van der Waals surface area (Å²) in [6.07, 6.45) is 25.8. The van der Waals surface area contributed by atoms with Crippen molar-refractivity contribution in [2.75, 3.05) is 0 Å². The van der Waals surface area contributed by atoms with Crippen LogP contribution in [0, 0.1) is 35.5 Å². The highest BCUT2D eigenvalue weighted by Gasteiger charge is 2.57. The number of hydrogen-bond donors (Lipinski definition) is 0. The Balaban J connectivity index is 0.00000137. The van der Waals surface area contributed by atoms with Gasteiger partial charge in [-0.3, -0.25) is 0 Å². The highest BCUT2D eigenvalue weighted by atomic mass is 35.5. The van der Waals surface area contributed by atoms with Gasteiger partial charge in [0.2, 0.25) is 6.33 Å². The summed E-state index contributed by atoms with van der Waals surface area (Å²) in [5, 5.41) is 0. The van der Waals surface area contributed by atoms with Crippen molar-refractivity contribution in [2.45, 2.75) is 88.1 Å². The Morgan fingerprint density at radius 1 is 0.654 bits per heavy atom. The number of hydrogen-bond acceptors (Lipinski definition) is 0. The highest BCUT2D eigenvalue weighted by Crippen LogP contribution is 2.59. The molecule has 8 aliphatic carbocycles. The van der Waals surface area contributed by atoms with Crippen LogP contribution < -0.4 is 17.0 Å². The van der Waals surface area contributed by atoms with Gasteiger partial charge in [0.05, 0.1) is 0 Å². The molecule has 0 unspecified atom stereocenters. The van der Waals surface area contributed by atoms with Crippen LogP contribution in [0.15, 0.2) is 18.7 Å². The Kier molecular flexibility index (Phi) is 3.36. The van der Waals surface area contributed by atoms with Crippen LogP contribution in [-0.2, 0) is 11.1 Å². The molecule has 2 nitrogen and oxygen atoms in total. The van der Waals surface area contributed by atoms with Crippen molar-refractivity contribution in [3.8, 4) is 0 Å². The first-order valence-electron chi connectivity index (χ1n) is 11.3. The number of nitrogens with zero attached hydrogens (tertiary/aromatic N) is 2. The van der Waals surface area contributed by atoms with E-state index in [1.165, 1.54) is 38.5 Å². The largest absolute Gasteiger partial charge is 1.00 e. The second kappa shape index (κ2) is 5.31. The van der Waals surface area contributed by atoms with E-state index in [1.54, 1.807) is 38.5 Å². The Labute approximate surface area is 164 Å². The molecule has 0 amide bonds. The van der Waals surface area contributed by atoms with Gasteiger partial charge in [0.25, 0.3) is 0 Å². The molecule has 1 aromatic rings. The molecule has 0 radical (unpaired) electrons. The van der Waals surface area contributed by atoms with E-state index in [0.717, 1.165) is 35.5 Å². The van der Waals surface area contributed by atoms with E-state index in [4.69, 9.17) is 0 Å². The summed E-state index contributed by atoms with van der Waals surface area (Å²) in [5.74, 6) is 6.26. The number of aromatic nitrogens is 2. The minimum absolute atomic E-state index is 0. The minimum atomic E-state index is 0. The maximum absolute atomic E-state index is 2.73. The molecule has 0 N–H and O–H groups in total. The van der Waals surface area contributed by atoms with E-state index in [-0.39, 0.29) is 12.4 Å². The van der Waals surface area contributed by atoms with E-state index >= 15 is 0 Å². The lowest BCUT2D eigenvalue weighted by molar-refractivity contribution is -0.776. The topological polar surface area (TPSA) is 8.81 Å². The fourth-order valence-electron chi connectivity index (χ4n) is 9.68. The van der Waals surface area contributed by atoms with Crippen molar-refractivity contribution in [3.63, 3.8) is 0 Å². The third-order valence-corrected chi connectivity index (χ3v) is 9.74. The molecule has 8 saturated carbocycles. The zero-order chi connectivity index (χ0) is 16.2. The molecule has 8 aliphatic rings. The molecular weight excluding hydrogens is 340 g/mol. The monoisotopic (exact) mass is 372 g/mol. The number of halogens is 1. The first-order chi connectivity index (χ1) is 12.2. The fraction of sp³-hybridized carbons (Fsp3) is 0.870. The summed E-state index contributed by atoms with van der Waals surface area (Å²) < 4.78 is 5.46. The number of rotatable bonds is 2. The van der Waals surface area contributed by atoms with Crippen LogP contribution in [0.25, 0.3) is 0 Å². The maximum Gasteiger partial charge on any atom is 0.244 e. The standard InChI is InChI=1S/C23H33N2.ClH/c1-2-25(23-12-19-6-20(13-23)8-21(7-19)14-23)15-24(1)22-9-16-3-17(10-22)5-18(4-16)11-22;/h1-2,15-21H,3-14H2;1H/q+1;/p-1. The van der Waals surface area contributed by atoms with Crippen LogP contribution in [0.5, 0.6) is 0 Å². The molecule has 0 atom stereocenters. The van der Waals surface area contributed by atoms with Gasteiger partial charge in [0, 0.05) is 0 Å². The average molecular weight is 373 g/mol. The molecular formula is C23H33ClN2. The normalized spacial score (nSPS) is 53.1. The van der Waals surface area contributed by atoms with Crippen molar-refractivity contribution >= 4 is 0 Å². The predicted molar refractivity (Wildman–Crippen MR) is 96.9 cm³/mol. The van der Waals surface area contributed by atoms with Gasteiger partial charge in [-0.15, -0.1) is 0 Å². The molecule has 0 spiro atoms. The highest BCUT2D eigenvalue weighted by molar-refractivity contribution is 5.06. The van der Waals surface area contributed by atoms with Crippen LogP contribution in [0.1, 0.15) is 77.0 Å². The van der Waals surface area contributed by atoms with E-state index in [2.05, 4.69) is 27.9 Å². The zero-order valence-electron chi connectivity index (χ0n) is 16.0. The summed E-state index contributed by atoms with van der Waals surface area (Å²) in [4.78, 5) is 0. The van der Waals surface area contributed by atoms with Gasteiger partial charge < -0.3 is 12.4 Å². The van der Waals surface area contributed by atoms with Gasteiger partial charge in [-0.25, -0.2) is 9.13 Å². The second-order valence-corrected chi connectivity index (χ2v) is 11.5. The van der Waals surface area contributed by atoms with Crippen molar-refractivity contribution in [1.82, 2.24) is 4.57 Å². The van der Waals surface area contributed by atoms with E-state index in [0.29, 0.717) is 11.1 Å². The molecule has 26 heavy (non-hydrogen) atoms. The first-order valence-corrected chi connectivity index (χ1v) is 11.3. The van der Waals surface area contributed by atoms with Crippen LogP contribution >= 0.6 is 0 Å². The molecule has 8 bridgehead atoms. The lowest BCUT2D eigenvalue weighted by Crippen LogP contribution is -3.00. The van der Waals surface area contributed by atoms with Gasteiger partial charge in [-0.1, -0.05) is 0 Å². The van der Waals surface area contributed by atoms with Gasteiger partial charge in [-0.05, 0) is 113 Å². The molecule has 8 fully saturated rings. The Morgan fingerprint density at radius 3 is 1.54 bits per heavy atom. The second-order valence-electron chi connectivity index (χ2n) is 11.5. The van der Waals surface area contributed by atoms with E-state index in [1.807, 2.05) is 0 Å². The predicted octanol–water partition coefficient (Wildman–Crippen LogP) is 1.63. The van der Waals surface area contributed by atoms with Crippen molar-refractivity contribution in [2.24, 2.45) is 35.5 Å². The summed E-state index contributed by atoms with van der Waals surface area (Å²) >= 11 is 0. The third-order valence-electron chi connectivity index (χ3n) is 9.74. The van der Waals surface area contributed by atoms with E-state index in [9.17, 15) is 0 Å². The van der Waals surface area contributed by atoms with E-state index < -0.39 is 0 Å². The molecule has 0 aliphatic heterocycles. The van der Waals surface area contributed by atoms with Crippen LogP contribution in [-0.4, -0.2) is 4.57 Å². The van der Waals surface area contributed by atoms with Gasteiger partial charge >= 0.3 is 0 Å². The number of imidazole rings is 1. The SMILES string of the molecule is [Cl-].c1c[n+](C23CC4CC(CC(C4)C2)C3)cn1C12CC3CC(CC(C3)C1)C2. The quantitative estimate of drug-likeness (QED) is 0.698. The third kappa shape index (κ3) is 2.14. The summed E-state index contributed by atoms with van der Waals surface area (Å²) in [7, 11) is 0. The van der Waals surface area contributed by atoms with Crippen molar-refractivity contribution in [1.29, 1.82) is 0 Å². The molecule has 3 heteroatoms. The van der Waals surface area contributed by atoms with Gasteiger partial charge in [0.1, 0.15) is 23.5 Å². The molecule has 0 aromatic carbocycles. The van der Waals surface area contributed by atoms with Crippen LogP contribution in [0.3, 0.4) is 0 Å². The lowest BCUT2D eigenvalue weighted by atomic mass is 9.53. The van der Waals surface area contributed by atoms with Crippen LogP contribution in [0.2, 0.25) is 0 Å². The van der Waals surface area contributed by atoms with Gasteiger partial charge in [-0.2, -0.15) is 0 Å². The minimum Gasteiger partial charge on any atom is -1.00 e. The molecule has 9 rings (SSSR count). The Hall–Kier alpha value is -0.500. The van der Waals surface area contributed by atoms with Gasteiger partial charge in [0.15, 0.2) is 0 Å². The fourth-order valence-corrected chi connectivity index (χ4v) is 9.68. The molecule has 0 saturated heterocycles. The summed E-state index contributed by atoms with van der Waals surface area (Å²) in [6.45, 7) is 0. The Bertz CT molecular complexity index is 590. The Morgan fingerprint density at radius 2 is 1.08 bits per heavy atom. The van der Waals surface area contributed by atoms with Crippen LogP contribution in [0.4, 0.5) is 0 Å². The molecule has 1 heterocycles. The average Bonchev–Trinajstić information content (AvgIpc) is 3.04. The lowest BCUT2D eigenvalue weighted by Gasteiger charge is -2.55. The zero-order valence-corrected chi connectivity index (χ0v) is 16.7.